The summed E-state index contributed by atoms with van der Waals surface area (Å²) in [5.41, 5.74) is 12.8. The van der Waals surface area contributed by atoms with Gasteiger partial charge >= 0.3 is 0 Å². The fraction of sp³-hybridized carbons (Fsp3) is 0. The quantitative estimate of drug-likeness (QED) is 0.163. The lowest BCUT2D eigenvalue weighted by Crippen LogP contribution is -2.02. The van der Waals surface area contributed by atoms with Gasteiger partial charge in [0.1, 0.15) is 0 Å². The number of para-hydroxylation sites is 2. The molecule has 9 aromatic carbocycles. The van der Waals surface area contributed by atoms with E-state index < -0.39 is 0 Å². The SMILES string of the molecule is c1ccc(-c2cccc(-c3nc(-c4ccc(-c5ccccc5)c(-n5c6ccccc6c6ccccc65)c4)nc(-c4cc(-c5ccccc5)c5ccccc5c4)n3)c2)cc1. The van der Waals surface area contributed by atoms with Crippen molar-refractivity contribution in [3.05, 3.63) is 218 Å². The van der Waals surface area contributed by atoms with E-state index in [9.17, 15) is 0 Å². The van der Waals surface area contributed by atoms with E-state index in [4.69, 9.17) is 15.0 Å². The zero-order chi connectivity index (χ0) is 39.1. The van der Waals surface area contributed by atoms with Gasteiger partial charge < -0.3 is 4.57 Å². The fourth-order valence-electron chi connectivity index (χ4n) is 8.43. The Morgan fingerprint density at radius 1 is 0.271 bits per heavy atom. The van der Waals surface area contributed by atoms with Crippen molar-refractivity contribution in [3.8, 4) is 73.2 Å². The van der Waals surface area contributed by atoms with Crippen LogP contribution in [0.1, 0.15) is 0 Å². The molecule has 11 rings (SSSR count). The number of aromatic nitrogens is 4. The summed E-state index contributed by atoms with van der Waals surface area (Å²) in [5, 5.41) is 4.72. The molecule has 0 saturated heterocycles. The van der Waals surface area contributed by atoms with Crippen LogP contribution in [-0.2, 0) is 0 Å². The molecule has 0 spiro atoms. The predicted molar refractivity (Wildman–Crippen MR) is 244 cm³/mol. The molecule has 2 heterocycles. The van der Waals surface area contributed by atoms with Gasteiger partial charge in [0.2, 0.25) is 0 Å². The maximum absolute atomic E-state index is 5.34. The minimum Gasteiger partial charge on any atom is -0.309 e. The molecule has 0 bridgehead atoms. The van der Waals surface area contributed by atoms with Crippen molar-refractivity contribution in [2.45, 2.75) is 0 Å². The molecule has 0 aliphatic heterocycles. The van der Waals surface area contributed by atoms with E-state index in [2.05, 4.69) is 217 Å². The maximum Gasteiger partial charge on any atom is 0.164 e. The Morgan fingerprint density at radius 3 is 1.39 bits per heavy atom. The first-order valence-electron chi connectivity index (χ1n) is 19.9. The van der Waals surface area contributed by atoms with E-state index in [0.717, 1.165) is 72.2 Å². The number of hydrogen-bond acceptors (Lipinski definition) is 3. The van der Waals surface area contributed by atoms with Crippen LogP contribution in [0.3, 0.4) is 0 Å². The standard InChI is InChI=1S/C55H36N4/c1-4-17-37(18-5-1)40-24-16-25-42(33-40)53-56-54(58-55(57-53)44-34-41-23-10-11-26-45(41)49(35-44)39-21-8-3-9-22-39)43-31-32-46(38-19-6-2-7-20-38)52(36-43)59-50-29-14-12-27-47(50)48-28-13-15-30-51(48)59/h1-36H. The maximum atomic E-state index is 5.34. The number of rotatable bonds is 7. The molecule has 59 heavy (non-hydrogen) atoms. The van der Waals surface area contributed by atoms with Crippen molar-refractivity contribution in [3.63, 3.8) is 0 Å². The lowest BCUT2D eigenvalue weighted by atomic mass is 9.95. The van der Waals surface area contributed by atoms with Crippen LogP contribution in [0.2, 0.25) is 0 Å². The molecule has 0 unspecified atom stereocenters. The van der Waals surface area contributed by atoms with E-state index in [1.807, 2.05) is 6.07 Å². The summed E-state index contributed by atoms with van der Waals surface area (Å²) in [4.78, 5) is 15.9. The minimum atomic E-state index is 0.603. The highest BCUT2D eigenvalue weighted by Gasteiger charge is 2.20. The molecule has 4 nitrogen and oxygen atoms in total. The van der Waals surface area contributed by atoms with Gasteiger partial charge in [0.15, 0.2) is 17.5 Å². The Labute approximate surface area is 342 Å². The van der Waals surface area contributed by atoms with Gasteiger partial charge in [-0.3, -0.25) is 0 Å². The van der Waals surface area contributed by atoms with Crippen molar-refractivity contribution in [1.82, 2.24) is 19.5 Å². The molecule has 11 aromatic rings. The first kappa shape index (κ1) is 34.3. The first-order chi connectivity index (χ1) is 29.2. The van der Waals surface area contributed by atoms with Crippen molar-refractivity contribution >= 4 is 32.6 Å². The third-order valence-electron chi connectivity index (χ3n) is 11.2. The average Bonchev–Trinajstić information content (AvgIpc) is 3.66. The van der Waals surface area contributed by atoms with Crippen LogP contribution in [0, 0.1) is 0 Å². The molecular formula is C55H36N4. The number of fused-ring (bicyclic) bond motifs is 4. The zero-order valence-corrected chi connectivity index (χ0v) is 32.1. The van der Waals surface area contributed by atoms with Gasteiger partial charge in [-0.15, -0.1) is 0 Å². The summed E-state index contributed by atoms with van der Waals surface area (Å²) >= 11 is 0. The monoisotopic (exact) mass is 752 g/mol. The van der Waals surface area contributed by atoms with Crippen LogP contribution in [0.25, 0.3) is 106 Å². The largest absolute Gasteiger partial charge is 0.309 e. The van der Waals surface area contributed by atoms with Crippen LogP contribution in [-0.4, -0.2) is 19.5 Å². The molecule has 2 aromatic heterocycles. The van der Waals surface area contributed by atoms with E-state index in [-0.39, 0.29) is 0 Å². The molecule has 0 fully saturated rings. The highest BCUT2D eigenvalue weighted by Crippen LogP contribution is 2.39. The van der Waals surface area contributed by atoms with Crippen molar-refractivity contribution < 1.29 is 0 Å². The number of benzene rings is 9. The van der Waals surface area contributed by atoms with Crippen molar-refractivity contribution in [2.24, 2.45) is 0 Å². The lowest BCUT2D eigenvalue weighted by Gasteiger charge is -2.16. The molecular weight excluding hydrogens is 717 g/mol. The van der Waals surface area contributed by atoms with E-state index in [0.29, 0.717) is 17.5 Å². The van der Waals surface area contributed by atoms with Gasteiger partial charge in [0.25, 0.3) is 0 Å². The number of hydrogen-bond donors (Lipinski definition) is 0. The molecule has 0 aliphatic rings. The topological polar surface area (TPSA) is 43.6 Å². The molecule has 4 heteroatoms. The first-order valence-corrected chi connectivity index (χ1v) is 19.9. The van der Waals surface area contributed by atoms with Gasteiger partial charge in [-0.25, -0.2) is 15.0 Å². The summed E-state index contributed by atoms with van der Waals surface area (Å²) < 4.78 is 2.39. The van der Waals surface area contributed by atoms with Gasteiger partial charge in [0.05, 0.1) is 16.7 Å². The molecule has 0 amide bonds. The van der Waals surface area contributed by atoms with Crippen LogP contribution in [0.4, 0.5) is 0 Å². The Morgan fingerprint density at radius 2 is 0.746 bits per heavy atom. The summed E-state index contributed by atoms with van der Waals surface area (Å²) in [6.45, 7) is 0. The molecule has 0 saturated carbocycles. The van der Waals surface area contributed by atoms with Gasteiger partial charge in [-0.1, -0.05) is 182 Å². The second-order valence-electron chi connectivity index (χ2n) is 14.8. The van der Waals surface area contributed by atoms with Crippen molar-refractivity contribution in [1.29, 1.82) is 0 Å². The summed E-state index contributed by atoms with van der Waals surface area (Å²) in [5.74, 6) is 1.83. The molecule has 0 atom stereocenters. The molecule has 0 radical (unpaired) electrons. The average molecular weight is 753 g/mol. The molecule has 0 N–H and O–H groups in total. The van der Waals surface area contributed by atoms with Crippen LogP contribution in [0.5, 0.6) is 0 Å². The summed E-state index contributed by atoms with van der Waals surface area (Å²) in [7, 11) is 0. The lowest BCUT2D eigenvalue weighted by molar-refractivity contribution is 1.07. The Hall–Kier alpha value is -7.95. The summed E-state index contributed by atoms with van der Waals surface area (Å²) in [6, 6.07) is 77.0. The van der Waals surface area contributed by atoms with Gasteiger partial charge in [-0.05, 0) is 75.0 Å². The van der Waals surface area contributed by atoms with E-state index >= 15 is 0 Å². The highest BCUT2D eigenvalue weighted by atomic mass is 15.0. The Kier molecular flexibility index (Phi) is 8.45. The third-order valence-corrected chi connectivity index (χ3v) is 11.2. The van der Waals surface area contributed by atoms with Gasteiger partial charge in [0, 0.05) is 33.0 Å². The van der Waals surface area contributed by atoms with Crippen LogP contribution >= 0.6 is 0 Å². The zero-order valence-electron chi connectivity index (χ0n) is 32.1. The van der Waals surface area contributed by atoms with E-state index in [1.54, 1.807) is 0 Å². The third kappa shape index (κ3) is 6.24. The second kappa shape index (κ2) is 14.5. The van der Waals surface area contributed by atoms with E-state index in [1.165, 1.54) is 16.2 Å². The molecule has 276 valence electrons. The van der Waals surface area contributed by atoms with Gasteiger partial charge in [-0.2, -0.15) is 0 Å². The Bertz CT molecular complexity index is 3260. The van der Waals surface area contributed by atoms with Crippen LogP contribution < -0.4 is 0 Å². The second-order valence-corrected chi connectivity index (χ2v) is 14.8. The smallest absolute Gasteiger partial charge is 0.164 e. The molecule has 0 aliphatic carbocycles. The van der Waals surface area contributed by atoms with Crippen molar-refractivity contribution in [2.75, 3.05) is 0 Å². The van der Waals surface area contributed by atoms with Crippen LogP contribution in [0.15, 0.2) is 218 Å². The fourth-order valence-corrected chi connectivity index (χ4v) is 8.43. The summed E-state index contributed by atoms with van der Waals surface area (Å²) in [6.07, 6.45) is 0. The minimum absolute atomic E-state index is 0.603. The normalized spacial score (nSPS) is 11.4. The Balaban J connectivity index is 1.17. The number of nitrogens with zero attached hydrogens (tertiary/aromatic N) is 4. The highest BCUT2D eigenvalue weighted by molar-refractivity contribution is 6.10. The predicted octanol–water partition coefficient (Wildman–Crippen LogP) is 14.1.